The van der Waals surface area contributed by atoms with Gasteiger partial charge < -0.3 is 10.6 Å². The van der Waals surface area contributed by atoms with E-state index in [0.717, 1.165) is 25.4 Å². The molecule has 0 bridgehead atoms. The van der Waals surface area contributed by atoms with Crippen molar-refractivity contribution in [3.05, 3.63) is 0 Å². The fourth-order valence-corrected chi connectivity index (χ4v) is 4.04. The van der Waals surface area contributed by atoms with E-state index in [4.69, 9.17) is 0 Å². The zero-order chi connectivity index (χ0) is 11.9. The lowest BCUT2D eigenvalue weighted by Crippen LogP contribution is -2.53. The molecule has 2 N–H and O–H groups in total. The zero-order valence-corrected chi connectivity index (χ0v) is 12.0. The van der Waals surface area contributed by atoms with E-state index in [2.05, 4.69) is 17.6 Å². The molecular weight excluding hydrogens is 248 g/mol. The summed E-state index contributed by atoms with van der Waals surface area (Å²) in [6.45, 7) is 4.22. The lowest BCUT2D eigenvalue weighted by Gasteiger charge is -2.41. The van der Waals surface area contributed by atoms with E-state index < -0.39 is 0 Å². The van der Waals surface area contributed by atoms with Crippen LogP contribution in [0.3, 0.4) is 0 Å². The number of amides is 1. The Labute approximate surface area is 116 Å². The Balaban J connectivity index is 0.00000120. The average molecular weight is 273 g/mol. The number of rotatable bonds is 2. The molecule has 1 amide bonds. The molecule has 1 saturated heterocycles. The van der Waals surface area contributed by atoms with Crippen LogP contribution in [-0.2, 0) is 4.79 Å². The lowest BCUT2D eigenvalue weighted by atomic mass is 9.67. The van der Waals surface area contributed by atoms with Crippen LogP contribution >= 0.6 is 12.4 Å². The average Bonchev–Trinajstić information content (AvgIpc) is 2.71. The molecule has 104 valence electrons. The Hall–Kier alpha value is -0.280. The smallest absolute Gasteiger partial charge is 0.228 e. The summed E-state index contributed by atoms with van der Waals surface area (Å²) in [4.78, 5) is 12.6. The van der Waals surface area contributed by atoms with Gasteiger partial charge in [0.15, 0.2) is 0 Å². The normalized spacial score (nSPS) is 42.4. The minimum Gasteiger partial charge on any atom is -0.353 e. The van der Waals surface area contributed by atoms with Crippen molar-refractivity contribution in [1.82, 2.24) is 10.6 Å². The van der Waals surface area contributed by atoms with Crippen LogP contribution in [0.5, 0.6) is 0 Å². The largest absolute Gasteiger partial charge is 0.353 e. The molecule has 0 aromatic rings. The number of carbonyl (C=O) groups is 1. The Morgan fingerprint density at radius 3 is 2.83 bits per heavy atom. The maximum Gasteiger partial charge on any atom is 0.228 e. The molecule has 1 heterocycles. The first-order valence-electron chi connectivity index (χ1n) is 7.22. The van der Waals surface area contributed by atoms with Crippen molar-refractivity contribution in [1.29, 1.82) is 0 Å². The van der Waals surface area contributed by atoms with E-state index in [1.54, 1.807) is 0 Å². The van der Waals surface area contributed by atoms with Gasteiger partial charge in [0.05, 0.1) is 5.41 Å². The summed E-state index contributed by atoms with van der Waals surface area (Å²) >= 11 is 0. The molecule has 18 heavy (non-hydrogen) atoms. The number of carbonyl (C=O) groups excluding carboxylic acids is 1. The Bertz CT molecular complexity index is 317. The van der Waals surface area contributed by atoms with Crippen molar-refractivity contribution >= 4 is 18.3 Å². The predicted octanol–water partition coefficient (Wildman–Crippen LogP) is 2.10. The molecule has 0 radical (unpaired) electrons. The second-order valence-electron chi connectivity index (χ2n) is 6.48. The topological polar surface area (TPSA) is 41.1 Å². The molecule has 1 aliphatic heterocycles. The van der Waals surface area contributed by atoms with E-state index in [0.29, 0.717) is 17.9 Å². The van der Waals surface area contributed by atoms with Gasteiger partial charge in [-0.2, -0.15) is 0 Å². The van der Waals surface area contributed by atoms with Gasteiger partial charge in [0.1, 0.15) is 0 Å². The third-order valence-electron chi connectivity index (χ3n) is 5.20. The monoisotopic (exact) mass is 272 g/mol. The molecule has 4 heteroatoms. The van der Waals surface area contributed by atoms with Crippen molar-refractivity contribution in [3.63, 3.8) is 0 Å². The first kappa shape index (κ1) is 14.1. The minimum absolute atomic E-state index is 0. The molecule has 0 unspecified atom stereocenters. The fraction of sp³-hybridized carbons (Fsp3) is 0.929. The molecule has 2 saturated carbocycles. The second-order valence-corrected chi connectivity index (χ2v) is 6.48. The number of hydrogen-bond donors (Lipinski definition) is 2. The quantitative estimate of drug-likeness (QED) is 0.808. The van der Waals surface area contributed by atoms with Gasteiger partial charge in [-0.05, 0) is 44.1 Å². The van der Waals surface area contributed by atoms with E-state index >= 15 is 0 Å². The van der Waals surface area contributed by atoms with E-state index in [-0.39, 0.29) is 17.8 Å². The van der Waals surface area contributed by atoms with Crippen LogP contribution < -0.4 is 10.6 Å². The van der Waals surface area contributed by atoms with Gasteiger partial charge in [-0.3, -0.25) is 4.79 Å². The van der Waals surface area contributed by atoms with Crippen LogP contribution in [0.2, 0.25) is 0 Å². The van der Waals surface area contributed by atoms with Gasteiger partial charge in [0, 0.05) is 12.6 Å². The van der Waals surface area contributed by atoms with Crippen LogP contribution in [0.4, 0.5) is 0 Å². The zero-order valence-electron chi connectivity index (χ0n) is 11.2. The van der Waals surface area contributed by atoms with Gasteiger partial charge in [-0.15, -0.1) is 12.4 Å². The van der Waals surface area contributed by atoms with Gasteiger partial charge in [-0.1, -0.05) is 19.8 Å². The van der Waals surface area contributed by atoms with Crippen molar-refractivity contribution in [2.45, 2.75) is 51.5 Å². The highest BCUT2D eigenvalue weighted by molar-refractivity contribution is 5.85. The summed E-state index contributed by atoms with van der Waals surface area (Å²) in [7, 11) is 0. The van der Waals surface area contributed by atoms with Crippen LogP contribution in [0.1, 0.15) is 45.4 Å². The van der Waals surface area contributed by atoms with Crippen molar-refractivity contribution < 1.29 is 4.79 Å². The Morgan fingerprint density at radius 2 is 2.11 bits per heavy atom. The highest BCUT2D eigenvalue weighted by Crippen LogP contribution is 2.44. The summed E-state index contributed by atoms with van der Waals surface area (Å²) in [5.74, 6) is 1.75. The molecule has 3 aliphatic rings. The molecule has 2 aliphatic carbocycles. The molecule has 3 rings (SSSR count). The Morgan fingerprint density at radius 1 is 1.33 bits per heavy atom. The first-order valence-corrected chi connectivity index (χ1v) is 7.22. The third kappa shape index (κ3) is 2.27. The van der Waals surface area contributed by atoms with Gasteiger partial charge in [0.25, 0.3) is 0 Å². The molecule has 3 nitrogen and oxygen atoms in total. The van der Waals surface area contributed by atoms with Gasteiger partial charge in [-0.25, -0.2) is 0 Å². The molecule has 3 fully saturated rings. The summed E-state index contributed by atoms with van der Waals surface area (Å²) in [5, 5.41) is 6.74. The summed E-state index contributed by atoms with van der Waals surface area (Å²) in [6, 6.07) is 0.468. The molecular formula is C14H25ClN2O. The maximum atomic E-state index is 12.6. The number of halogens is 1. The van der Waals surface area contributed by atoms with E-state index in [1.165, 1.54) is 32.1 Å². The van der Waals surface area contributed by atoms with E-state index in [1.807, 2.05) is 0 Å². The molecule has 2 atom stereocenters. The Kier molecular flexibility index (Phi) is 4.22. The fourth-order valence-electron chi connectivity index (χ4n) is 4.04. The highest BCUT2D eigenvalue weighted by Gasteiger charge is 2.50. The lowest BCUT2D eigenvalue weighted by molar-refractivity contribution is -0.135. The SMILES string of the molecule is CC1CC(NC(=O)[C@@]23CCCC[C@H]2CNC3)C1.Cl. The third-order valence-corrected chi connectivity index (χ3v) is 5.20. The molecule has 0 aromatic heterocycles. The van der Waals surface area contributed by atoms with Gasteiger partial charge in [0.2, 0.25) is 5.91 Å². The predicted molar refractivity (Wildman–Crippen MR) is 74.8 cm³/mol. The van der Waals surface area contributed by atoms with Crippen molar-refractivity contribution in [3.8, 4) is 0 Å². The molecule has 0 spiro atoms. The number of fused-ring (bicyclic) bond motifs is 1. The minimum atomic E-state index is -0.0585. The van der Waals surface area contributed by atoms with E-state index in [9.17, 15) is 4.79 Å². The summed E-state index contributed by atoms with van der Waals surface area (Å²) < 4.78 is 0. The maximum absolute atomic E-state index is 12.6. The number of hydrogen-bond acceptors (Lipinski definition) is 2. The summed E-state index contributed by atoms with van der Waals surface area (Å²) in [6.07, 6.45) is 7.23. The summed E-state index contributed by atoms with van der Waals surface area (Å²) in [5.41, 5.74) is -0.0585. The van der Waals surface area contributed by atoms with Crippen LogP contribution in [0.25, 0.3) is 0 Å². The second kappa shape index (κ2) is 5.38. The highest BCUT2D eigenvalue weighted by atomic mass is 35.5. The van der Waals surface area contributed by atoms with Gasteiger partial charge >= 0.3 is 0 Å². The number of nitrogens with one attached hydrogen (secondary N) is 2. The van der Waals surface area contributed by atoms with Crippen LogP contribution in [-0.4, -0.2) is 25.0 Å². The van der Waals surface area contributed by atoms with Crippen molar-refractivity contribution in [2.75, 3.05) is 13.1 Å². The van der Waals surface area contributed by atoms with Crippen molar-refractivity contribution in [2.24, 2.45) is 17.3 Å². The molecule has 0 aromatic carbocycles. The standard InChI is InChI=1S/C14H24N2O.ClH/c1-10-6-12(7-10)16-13(17)14-5-3-2-4-11(14)8-15-9-14;/h10-12,15H,2-9H2,1H3,(H,16,17);1H/t10?,11-,12?,14+;/m0./s1. The van der Waals surface area contributed by atoms with Crippen LogP contribution in [0, 0.1) is 17.3 Å². The first-order chi connectivity index (χ1) is 8.21. The van der Waals surface area contributed by atoms with Crippen LogP contribution in [0.15, 0.2) is 0 Å².